The maximum atomic E-state index is 15.5. The molecule has 1 atom stereocenters. The van der Waals surface area contributed by atoms with Crippen LogP contribution in [0.25, 0.3) is 11.1 Å². The molecule has 0 aliphatic carbocycles. The van der Waals surface area contributed by atoms with Gasteiger partial charge in [-0.25, -0.2) is 19.0 Å². The largest absolute Gasteiger partial charge is 0.467 e. The van der Waals surface area contributed by atoms with Gasteiger partial charge in [-0.05, 0) is 84.7 Å². The zero-order chi connectivity index (χ0) is 26.7. The number of aromatic nitrogens is 1. The van der Waals surface area contributed by atoms with E-state index in [1.165, 1.54) is 19.2 Å². The predicted molar refractivity (Wildman–Crippen MR) is 129 cm³/mol. The molecular weight excluding hydrogens is 453 g/mol. The van der Waals surface area contributed by atoms with Gasteiger partial charge in [-0.2, -0.15) is 5.26 Å². The summed E-state index contributed by atoms with van der Waals surface area (Å²) in [5.41, 5.74) is 0.239. The third-order valence-electron chi connectivity index (χ3n) is 4.81. The summed E-state index contributed by atoms with van der Waals surface area (Å²) in [5.74, 6) is -1.37. The molecule has 0 bridgehead atoms. The number of hydrogen-bond donors (Lipinski definition) is 1. The molecule has 1 aromatic heterocycles. The first-order chi connectivity index (χ1) is 16.1. The maximum Gasteiger partial charge on any atom is 0.412 e. The Balaban J connectivity index is 2.71. The van der Waals surface area contributed by atoms with Crippen molar-refractivity contribution in [2.24, 2.45) is 0 Å². The Kier molecular flexibility index (Phi) is 8.24. The lowest BCUT2D eigenvalue weighted by molar-refractivity contribution is -0.164. The Morgan fingerprint density at radius 1 is 1.11 bits per heavy atom. The first kappa shape index (κ1) is 27.7. The Bertz CT molecular complexity index is 1170. The zero-order valence-corrected chi connectivity index (χ0v) is 21.6. The molecule has 9 heteroatoms. The highest BCUT2D eigenvalue weighted by Gasteiger charge is 2.34. The van der Waals surface area contributed by atoms with Crippen LogP contribution in [0, 0.1) is 31.0 Å². The van der Waals surface area contributed by atoms with Crippen LogP contribution in [-0.4, -0.2) is 35.4 Å². The number of benzene rings is 1. The number of nitrogens with one attached hydrogen (secondary N) is 1. The third-order valence-corrected chi connectivity index (χ3v) is 4.81. The number of carbonyl (C=O) groups excluding carboxylic acids is 2. The molecule has 0 spiro atoms. The monoisotopic (exact) mass is 485 g/mol. The SMILES string of the molecule is COC(=O)C(OC(C)(C)C)c1c(C)nc(C#N)c(C)c1-c1ccc(NC(=O)OC(C)(C)C)cc1F. The fraction of sp³-hybridized carbons (Fsp3) is 0.462. The van der Waals surface area contributed by atoms with Gasteiger partial charge in [0.15, 0.2) is 6.10 Å². The number of halogens is 1. The summed E-state index contributed by atoms with van der Waals surface area (Å²) in [6.07, 6.45) is -1.94. The fourth-order valence-electron chi connectivity index (χ4n) is 3.49. The summed E-state index contributed by atoms with van der Waals surface area (Å²) < 4.78 is 31.7. The van der Waals surface area contributed by atoms with Crippen LogP contribution in [-0.2, 0) is 19.0 Å². The highest BCUT2D eigenvalue weighted by molar-refractivity contribution is 5.87. The number of anilines is 1. The molecule has 35 heavy (non-hydrogen) atoms. The number of ether oxygens (including phenoxy) is 3. The number of carbonyl (C=O) groups is 2. The molecule has 1 unspecified atom stereocenters. The Morgan fingerprint density at radius 2 is 1.74 bits per heavy atom. The minimum absolute atomic E-state index is 0.0935. The van der Waals surface area contributed by atoms with Crippen LogP contribution in [0.5, 0.6) is 0 Å². The van der Waals surface area contributed by atoms with Crippen LogP contribution in [0.3, 0.4) is 0 Å². The van der Waals surface area contributed by atoms with Crippen molar-refractivity contribution in [2.45, 2.75) is 72.7 Å². The Morgan fingerprint density at radius 3 is 2.23 bits per heavy atom. The first-order valence-corrected chi connectivity index (χ1v) is 11.0. The Hall–Kier alpha value is -3.51. The molecule has 0 saturated heterocycles. The minimum atomic E-state index is -1.21. The fourth-order valence-corrected chi connectivity index (χ4v) is 3.49. The number of amides is 1. The van der Waals surface area contributed by atoms with Crippen molar-refractivity contribution in [3.63, 3.8) is 0 Å². The van der Waals surface area contributed by atoms with Crippen molar-refractivity contribution in [3.05, 3.63) is 46.5 Å². The topological polar surface area (TPSA) is 111 Å². The van der Waals surface area contributed by atoms with Gasteiger partial charge in [0.1, 0.15) is 23.2 Å². The van der Waals surface area contributed by atoms with Crippen LogP contribution in [0.1, 0.15) is 70.2 Å². The predicted octanol–water partition coefficient (Wildman–Crippen LogP) is 5.75. The molecule has 2 rings (SSSR count). The summed E-state index contributed by atoms with van der Waals surface area (Å²) in [7, 11) is 1.23. The number of rotatable bonds is 5. The molecule has 1 aromatic carbocycles. The lowest BCUT2D eigenvalue weighted by Gasteiger charge is -2.29. The summed E-state index contributed by atoms with van der Waals surface area (Å²) >= 11 is 0. The number of aryl methyl sites for hydroxylation is 1. The van der Waals surface area contributed by atoms with Gasteiger partial charge in [0.05, 0.1) is 12.7 Å². The van der Waals surface area contributed by atoms with Gasteiger partial charge >= 0.3 is 12.1 Å². The molecular formula is C26H32FN3O5. The van der Waals surface area contributed by atoms with Gasteiger partial charge in [-0.15, -0.1) is 0 Å². The van der Waals surface area contributed by atoms with Crippen molar-refractivity contribution >= 4 is 17.7 Å². The molecule has 1 heterocycles. The van der Waals surface area contributed by atoms with E-state index in [2.05, 4.69) is 10.3 Å². The molecule has 2 aromatic rings. The van der Waals surface area contributed by atoms with E-state index in [1.807, 2.05) is 6.07 Å². The van der Waals surface area contributed by atoms with E-state index >= 15 is 4.39 Å². The molecule has 0 fully saturated rings. The van der Waals surface area contributed by atoms with Crippen molar-refractivity contribution in [1.82, 2.24) is 4.98 Å². The van der Waals surface area contributed by atoms with Crippen molar-refractivity contribution in [3.8, 4) is 17.2 Å². The second kappa shape index (κ2) is 10.4. The molecule has 0 radical (unpaired) electrons. The molecule has 0 aliphatic rings. The van der Waals surface area contributed by atoms with Crippen LogP contribution >= 0.6 is 0 Å². The summed E-state index contributed by atoms with van der Waals surface area (Å²) in [5, 5.41) is 12.1. The lowest BCUT2D eigenvalue weighted by atomic mass is 9.89. The number of hydrogen-bond acceptors (Lipinski definition) is 7. The first-order valence-electron chi connectivity index (χ1n) is 11.0. The van der Waals surface area contributed by atoms with Gasteiger partial charge < -0.3 is 14.2 Å². The zero-order valence-electron chi connectivity index (χ0n) is 21.6. The molecule has 1 N–H and O–H groups in total. The molecule has 8 nitrogen and oxygen atoms in total. The summed E-state index contributed by atoms with van der Waals surface area (Å²) in [6, 6.07) is 6.12. The molecule has 1 amide bonds. The normalized spacial score (nSPS) is 12.5. The van der Waals surface area contributed by atoms with E-state index < -0.39 is 35.2 Å². The Labute approximate surface area is 205 Å². The number of nitriles is 1. The van der Waals surface area contributed by atoms with Gasteiger partial charge in [0.25, 0.3) is 0 Å². The van der Waals surface area contributed by atoms with Crippen LogP contribution in [0.15, 0.2) is 18.2 Å². The van der Waals surface area contributed by atoms with Crippen molar-refractivity contribution in [2.75, 3.05) is 12.4 Å². The van der Waals surface area contributed by atoms with Crippen molar-refractivity contribution in [1.29, 1.82) is 5.26 Å². The van der Waals surface area contributed by atoms with E-state index in [4.69, 9.17) is 14.2 Å². The highest BCUT2D eigenvalue weighted by atomic mass is 19.1. The smallest absolute Gasteiger partial charge is 0.412 e. The van der Waals surface area contributed by atoms with Crippen LogP contribution < -0.4 is 5.32 Å². The molecule has 0 saturated carbocycles. The van der Waals surface area contributed by atoms with E-state index in [1.54, 1.807) is 55.4 Å². The van der Waals surface area contributed by atoms with Crippen LogP contribution in [0.2, 0.25) is 0 Å². The minimum Gasteiger partial charge on any atom is -0.467 e. The van der Waals surface area contributed by atoms with E-state index in [-0.39, 0.29) is 16.9 Å². The van der Waals surface area contributed by atoms with Crippen molar-refractivity contribution < 1.29 is 28.2 Å². The standard InChI is InChI=1S/C26H32FN3O5/c1-14-19(13-28)29-15(2)21(22(23(31)33-9)34-25(3,4)5)20(14)17-11-10-16(12-18(17)27)30-24(32)35-26(6,7)8/h10-12,22H,1-9H3,(H,30,32). The molecule has 188 valence electrons. The van der Waals surface area contributed by atoms with E-state index in [0.717, 1.165) is 6.07 Å². The van der Waals surface area contributed by atoms with Gasteiger partial charge in [0.2, 0.25) is 0 Å². The van der Waals surface area contributed by atoms with Gasteiger partial charge in [-0.3, -0.25) is 5.32 Å². The number of nitrogens with zero attached hydrogens (tertiary/aromatic N) is 2. The third kappa shape index (κ3) is 6.99. The van der Waals surface area contributed by atoms with Gasteiger partial charge in [-0.1, -0.05) is 0 Å². The number of esters is 1. The number of pyridine rings is 1. The summed E-state index contributed by atoms with van der Waals surface area (Å²) in [4.78, 5) is 29.2. The summed E-state index contributed by atoms with van der Waals surface area (Å²) in [6.45, 7) is 13.7. The van der Waals surface area contributed by atoms with E-state index in [9.17, 15) is 14.9 Å². The second-order valence-electron chi connectivity index (χ2n) is 10.0. The number of methoxy groups -OCH3 is 1. The van der Waals surface area contributed by atoms with E-state index in [0.29, 0.717) is 22.4 Å². The quantitative estimate of drug-likeness (QED) is 0.537. The molecule has 0 aliphatic heterocycles. The highest BCUT2D eigenvalue weighted by Crippen LogP contribution is 2.39. The van der Waals surface area contributed by atoms with Crippen LogP contribution in [0.4, 0.5) is 14.9 Å². The average Bonchev–Trinajstić information content (AvgIpc) is 2.71. The average molecular weight is 486 g/mol. The second-order valence-corrected chi connectivity index (χ2v) is 10.0. The van der Waals surface area contributed by atoms with Gasteiger partial charge in [0, 0.05) is 22.5 Å². The maximum absolute atomic E-state index is 15.5. The lowest BCUT2D eigenvalue weighted by Crippen LogP contribution is -2.29.